The quantitative estimate of drug-likeness (QED) is 0.225. The number of unbranched alkanes of at least 4 members (excludes halogenated alkanes) is 2. The minimum absolute atomic E-state index is 0.205. The van der Waals surface area contributed by atoms with Crippen LogP contribution >= 0.6 is 23.1 Å². The number of carbonyl (C=O) groups excluding carboxylic acids is 1. The molecule has 30 heavy (non-hydrogen) atoms. The van der Waals surface area contributed by atoms with Crippen molar-refractivity contribution in [2.75, 3.05) is 12.9 Å². The van der Waals surface area contributed by atoms with E-state index in [9.17, 15) is 9.59 Å². The highest BCUT2D eigenvalue weighted by atomic mass is 32.2. The number of benzene rings is 1. The molecule has 0 saturated heterocycles. The molecular formula is C22H21N3O3S2. The first-order valence-corrected chi connectivity index (χ1v) is 11.3. The van der Waals surface area contributed by atoms with Gasteiger partial charge >= 0.3 is 5.97 Å². The zero-order valence-electron chi connectivity index (χ0n) is 16.5. The van der Waals surface area contributed by atoms with Gasteiger partial charge in [-0.1, -0.05) is 30.3 Å². The van der Waals surface area contributed by atoms with Crippen molar-refractivity contribution in [3.63, 3.8) is 0 Å². The van der Waals surface area contributed by atoms with Crippen molar-refractivity contribution in [3.05, 3.63) is 68.1 Å². The summed E-state index contributed by atoms with van der Waals surface area (Å²) in [6.07, 6.45) is 4.02. The number of nitrogens with one attached hydrogen (secondary N) is 1. The largest absolute Gasteiger partial charge is 0.465 e. The summed E-state index contributed by atoms with van der Waals surface area (Å²) in [5.74, 6) is 0.563. The van der Waals surface area contributed by atoms with Crippen LogP contribution in [0.5, 0.6) is 0 Å². The van der Waals surface area contributed by atoms with Crippen LogP contribution in [0, 0.1) is 11.3 Å². The Balaban J connectivity index is 1.47. The predicted octanol–water partition coefficient (Wildman–Crippen LogP) is 4.66. The third kappa shape index (κ3) is 6.05. The van der Waals surface area contributed by atoms with Gasteiger partial charge in [-0.2, -0.15) is 5.26 Å². The summed E-state index contributed by atoms with van der Waals surface area (Å²) in [7, 11) is 1.39. The number of aromatic nitrogens is 2. The van der Waals surface area contributed by atoms with E-state index < -0.39 is 0 Å². The number of ether oxygens (including phenoxy) is 1. The molecule has 0 aliphatic heterocycles. The summed E-state index contributed by atoms with van der Waals surface area (Å²) < 4.78 is 4.73. The number of carbonyl (C=O) groups is 1. The Bertz CT molecular complexity index is 1120. The summed E-state index contributed by atoms with van der Waals surface area (Å²) >= 11 is 3.00. The maximum Gasteiger partial charge on any atom is 0.348 e. The molecule has 154 valence electrons. The molecule has 8 heteroatoms. The van der Waals surface area contributed by atoms with Crippen molar-refractivity contribution in [1.29, 1.82) is 5.26 Å². The van der Waals surface area contributed by atoms with Gasteiger partial charge in [-0.15, -0.1) is 11.3 Å². The Morgan fingerprint density at radius 3 is 2.90 bits per heavy atom. The lowest BCUT2D eigenvalue weighted by Gasteiger charge is -2.05. The first-order chi connectivity index (χ1) is 14.6. The molecule has 0 aliphatic carbocycles. The number of thioether (sulfide) groups is 1. The maximum atomic E-state index is 12.0. The zero-order valence-corrected chi connectivity index (χ0v) is 18.1. The average Bonchev–Trinajstić information content (AvgIpc) is 3.24. The number of esters is 1. The molecule has 0 radical (unpaired) electrons. The normalized spacial score (nSPS) is 10.5. The number of methoxy groups -OCH3 is 1. The van der Waals surface area contributed by atoms with Gasteiger partial charge in [0.15, 0.2) is 5.16 Å². The summed E-state index contributed by atoms with van der Waals surface area (Å²) in [6.45, 7) is 0. The second-order valence-corrected chi connectivity index (χ2v) is 8.80. The molecule has 1 N–H and O–H groups in total. The molecule has 0 unspecified atom stereocenters. The van der Waals surface area contributed by atoms with E-state index in [1.54, 1.807) is 18.2 Å². The van der Waals surface area contributed by atoms with Crippen molar-refractivity contribution < 1.29 is 9.53 Å². The third-order valence-electron chi connectivity index (χ3n) is 4.36. The zero-order chi connectivity index (χ0) is 21.3. The molecular weight excluding hydrogens is 418 g/mol. The van der Waals surface area contributed by atoms with Gasteiger partial charge in [0.25, 0.3) is 5.56 Å². The molecule has 1 aromatic carbocycles. The van der Waals surface area contributed by atoms with Crippen LogP contribution in [0.2, 0.25) is 0 Å². The van der Waals surface area contributed by atoms with Gasteiger partial charge in [-0.05, 0) is 43.5 Å². The number of rotatable bonds is 9. The number of hydrogen-bond acceptors (Lipinski definition) is 7. The van der Waals surface area contributed by atoms with E-state index in [0.717, 1.165) is 37.0 Å². The fourth-order valence-electron chi connectivity index (χ4n) is 2.87. The number of nitriles is 1. The lowest BCUT2D eigenvalue weighted by molar-refractivity contribution is 0.0606. The van der Waals surface area contributed by atoms with Crippen LogP contribution in [0.25, 0.3) is 11.3 Å². The lowest BCUT2D eigenvalue weighted by atomic mass is 10.1. The number of aryl methyl sites for hydroxylation is 1. The Labute approximate surface area is 182 Å². The van der Waals surface area contributed by atoms with Crippen molar-refractivity contribution in [3.8, 4) is 17.3 Å². The van der Waals surface area contributed by atoms with Gasteiger partial charge in [0.1, 0.15) is 4.88 Å². The smallest absolute Gasteiger partial charge is 0.348 e. The van der Waals surface area contributed by atoms with Crippen LogP contribution in [0.1, 0.15) is 39.4 Å². The van der Waals surface area contributed by atoms with Gasteiger partial charge in [0.05, 0.1) is 24.4 Å². The van der Waals surface area contributed by atoms with Crippen LogP contribution in [-0.4, -0.2) is 28.8 Å². The van der Waals surface area contributed by atoms with Gasteiger partial charge in [-0.25, -0.2) is 9.78 Å². The second kappa shape index (κ2) is 10.8. The fourth-order valence-corrected chi connectivity index (χ4v) is 4.71. The van der Waals surface area contributed by atoms with E-state index in [4.69, 9.17) is 10.00 Å². The molecule has 6 nitrogen and oxygen atoms in total. The SMILES string of the molecule is COC(=O)c1ccc(CCCCCSc2nc(-c3cccc(C#N)c3)cc(=O)[nH]2)s1. The van der Waals surface area contributed by atoms with Crippen molar-refractivity contribution in [2.45, 2.75) is 30.8 Å². The lowest BCUT2D eigenvalue weighted by Crippen LogP contribution is -2.08. The molecule has 0 saturated carbocycles. The van der Waals surface area contributed by atoms with Crippen LogP contribution in [0.3, 0.4) is 0 Å². The first kappa shape index (κ1) is 21.8. The number of H-pyrrole nitrogens is 1. The van der Waals surface area contributed by atoms with E-state index in [2.05, 4.69) is 16.0 Å². The van der Waals surface area contributed by atoms with E-state index in [-0.39, 0.29) is 11.5 Å². The number of nitrogens with zero attached hydrogens (tertiary/aromatic N) is 2. The van der Waals surface area contributed by atoms with Gasteiger partial charge in [0, 0.05) is 22.3 Å². The van der Waals surface area contributed by atoms with E-state index in [1.807, 2.05) is 18.2 Å². The molecule has 0 atom stereocenters. The Hall–Kier alpha value is -2.89. The summed E-state index contributed by atoms with van der Waals surface area (Å²) in [6, 6.07) is 14.4. The van der Waals surface area contributed by atoms with Gasteiger partial charge in [0.2, 0.25) is 0 Å². The molecule has 0 fully saturated rings. The highest BCUT2D eigenvalue weighted by Crippen LogP contribution is 2.22. The Morgan fingerprint density at radius 1 is 1.23 bits per heavy atom. The molecule has 0 bridgehead atoms. The van der Waals surface area contributed by atoms with E-state index in [1.165, 1.54) is 41.2 Å². The molecule has 2 heterocycles. The van der Waals surface area contributed by atoms with E-state index in [0.29, 0.717) is 21.3 Å². The van der Waals surface area contributed by atoms with Crippen LogP contribution in [-0.2, 0) is 11.2 Å². The van der Waals surface area contributed by atoms with Gasteiger partial charge in [-0.3, -0.25) is 4.79 Å². The molecule has 2 aromatic heterocycles. The van der Waals surface area contributed by atoms with E-state index >= 15 is 0 Å². The summed E-state index contributed by atoms with van der Waals surface area (Å²) in [4.78, 5) is 32.6. The first-order valence-electron chi connectivity index (χ1n) is 9.51. The highest BCUT2D eigenvalue weighted by Gasteiger charge is 2.09. The third-order valence-corrected chi connectivity index (χ3v) is 6.45. The van der Waals surface area contributed by atoms with Crippen LogP contribution in [0.15, 0.2) is 52.4 Å². The molecule has 0 aliphatic rings. The minimum atomic E-state index is -0.286. The summed E-state index contributed by atoms with van der Waals surface area (Å²) in [5, 5.41) is 9.64. The second-order valence-electron chi connectivity index (χ2n) is 6.55. The number of aromatic amines is 1. The van der Waals surface area contributed by atoms with Crippen molar-refractivity contribution in [1.82, 2.24) is 9.97 Å². The predicted molar refractivity (Wildman–Crippen MR) is 119 cm³/mol. The average molecular weight is 440 g/mol. The minimum Gasteiger partial charge on any atom is -0.465 e. The van der Waals surface area contributed by atoms with Crippen LogP contribution < -0.4 is 5.56 Å². The Morgan fingerprint density at radius 2 is 2.10 bits per heavy atom. The van der Waals surface area contributed by atoms with Crippen molar-refractivity contribution in [2.24, 2.45) is 0 Å². The van der Waals surface area contributed by atoms with Gasteiger partial charge < -0.3 is 9.72 Å². The molecule has 0 amide bonds. The number of hydrogen-bond donors (Lipinski definition) is 1. The topological polar surface area (TPSA) is 95.8 Å². The Kier molecular flexibility index (Phi) is 7.82. The van der Waals surface area contributed by atoms with Crippen molar-refractivity contribution >= 4 is 29.1 Å². The molecule has 3 aromatic rings. The standard InChI is InChI=1S/C22H21N3O3S2/c1-28-21(27)19-10-9-17(30-19)8-3-2-4-11-29-22-24-18(13-20(26)25-22)16-7-5-6-15(12-16)14-23/h5-7,9-10,12-13H,2-4,8,11H2,1H3,(H,24,25,26). The monoisotopic (exact) mass is 439 g/mol. The summed E-state index contributed by atoms with van der Waals surface area (Å²) in [5.41, 5.74) is 1.65. The maximum absolute atomic E-state index is 12.0. The molecule has 0 spiro atoms. The number of thiophene rings is 1. The van der Waals surface area contributed by atoms with Crippen LogP contribution in [0.4, 0.5) is 0 Å². The highest BCUT2D eigenvalue weighted by molar-refractivity contribution is 7.99. The molecule has 3 rings (SSSR count). The fraction of sp³-hybridized carbons (Fsp3) is 0.273.